The third-order valence-electron chi connectivity index (χ3n) is 2.93. The fraction of sp³-hybridized carbons (Fsp3) is 0.375. The van der Waals surface area contributed by atoms with Gasteiger partial charge in [-0.15, -0.1) is 0 Å². The number of halogens is 2. The Kier molecular flexibility index (Phi) is 6.30. The highest BCUT2D eigenvalue weighted by Gasteiger charge is 2.10. The molecule has 2 rings (SSSR count). The Morgan fingerprint density at radius 1 is 1.10 bits per heavy atom. The van der Waals surface area contributed by atoms with Crippen LogP contribution in [0.2, 0.25) is 5.02 Å². The summed E-state index contributed by atoms with van der Waals surface area (Å²) in [5.41, 5.74) is 0. The summed E-state index contributed by atoms with van der Waals surface area (Å²) in [4.78, 5) is 0. The van der Waals surface area contributed by atoms with Gasteiger partial charge in [-0.05, 0) is 43.5 Å². The van der Waals surface area contributed by atoms with E-state index >= 15 is 0 Å². The van der Waals surface area contributed by atoms with Crippen LogP contribution in [0.15, 0.2) is 34.8 Å². The van der Waals surface area contributed by atoms with Gasteiger partial charge in [-0.25, -0.2) is 0 Å². The summed E-state index contributed by atoms with van der Waals surface area (Å²) in [7, 11) is 0. The molecule has 0 radical (unpaired) electrons. The highest BCUT2D eigenvalue weighted by Crippen LogP contribution is 2.31. The van der Waals surface area contributed by atoms with E-state index in [1.165, 1.54) is 0 Å². The molecule has 0 amide bonds. The zero-order chi connectivity index (χ0) is 15.2. The van der Waals surface area contributed by atoms with Crippen LogP contribution in [0.3, 0.4) is 0 Å². The maximum absolute atomic E-state index is 6.31. The van der Waals surface area contributed by atoms with Gasteiger partial charge in [0.05, 0.1) is 5.02 Å². The van der Waals surface area contributed by atoms with Gasteiger partial charge in [0, 0.05) is 23.1 Å². The lowest BCUT2D eigenvalue weighted by molar-refractivity contribution is -0.152. The molecular formula is C16H18BrClO3. The minimum absolute atomic E-state index is 0.333. The Labute approximate surface area is 138 Å². The second-order valence-corrected chi connectivity index (χ2v) is 5.74. The van der Waals surface area contributed by atoms with E-state index in [4.69, 9.17) is 25.8 Å². The third-order valence-corrected chi connectivity index (χ3v) is 3.74. The second kappa shape index (κ2) is 7.99. The quantitative estimate of drug-likeness (QED) is 0.637. The first-order valence-electron chi connectivity index (χ1n) is 6.88. The molecule has 2 aromatic carbocycles. The average molecular weight is 374 g/mol. The van der Waals surface area contributed by atoms with Crippen LogP contribution in [-0.2, 0) is 9.47 Å². The molecule has 0 saturated carbocycles. The van der Waals surface area contributed by atoms with Gasteiger partial charge in [0.2, 0.25) is 0 Å². The first kappa shape index (κ1) is 16.6. The van der Waals surface area contributed by atoms with Crippen molar-refractivity contribution in [3.8, 4) is 5.75 Å². The van der Waals surface area contributed by atoms with Gasteiger partial charge in [-0.2, -0.15) is 0 Å². The van der Waals surface area contributed by atoms with Crippen molar-refractivity contribution < 1.29 is 14.2 Å². The molecule has 0 aliphatic carbocycles. The third kappa shape index (κ3) is 4.58. The van der Waals surface area contributed by atoms with Gasteiger partial charge < -0.3 is 14.2 Å². The zero-order valence-corrected chi connectivity index (χ0v) is 14.4. The maximum atomic E-state index is 6.31. The van der Waals surface area contributed by atoms with Crippen LogP contribution < -0.4 is 4.74 Å². The topological polar surface area (TPSA) is 27.7 Å². The number of hydrogen-bond donors (Lipinski definition) is 0. The Morgan fingerprint density at radius 2 is 1.81 bits per heavy atom. The van der Waals surface area contributed by atoms with E-state index in [1.54, 1.807) is 0 Å². The molecule has 0 unspecified atom stereocenters. The van der Waals surface area contributed by atoms with Crippen molar-refractivity contribution in [2.24, 2.45) is 0 Å². The van der Waals surface area contributed by atoms with Crippen molar-refractivity contribution in [3.63, 3.8) is 0 Å². The smallest absolute Gasteiger partial charge is 0.191 e. The van der Waals surface area contributed by atoms with Crippen molar-refractivity contribution in [2.75, 3.05) is 19.8 Å². The van der Waals surface area contributed by atoms with Crippen LogP contribution in [0.1, 0.15) is 13.8 Å². The molecule has 0 heterocycles. The summed E-state index contributed by atoms with van der Waals surface area (Å²) in [5, 5.41) is 2.68. The number of hydrogen-bond acceptors (Lipinski definition) is 3. The highest BCUT2D eigenvalue weighted by atomic mass is 79.9. The highest BCUT2D eigenvalue weighted by molar-refractivity contribution is 9.10. The number of ether oxygens (including phenoxy) is 3. The molecular weight excluding hydrogens is 356 g/mol. The van der Waals surface area contributed by atoms with E-state index in [-0.39, 0.29) is 6.29 Å². The summed E-state index contributed by atoms with van der Waals surface area (Å²) in [5.74, 6) is 0.708. The van der Waals surface area contributed by atoms with Crippen LogP contribution in [0.25, 0.3) is 10.8 Å². The fourth-order valence-corrected chi connectivity index (χ4v) is 2.65. The van der Waals surface area contributed by atoms with Gasteiger partial charge in [0.25, 0.3) is 0 Å². The molecule has 5 heteroatoms. The second-order valence-electron chi connectivity index (χ2n) is 4.42. The minimum atomic E-state index is -0.362. The van der Waals surface area contributed by atoms with E-state index in [2.05, 4.69) is 15.9 Å². The van der Waals surface area contributed by atoms with Crippen molar-refractivity contribution in [1.82, 2.24) is 0 Å². The van der Waals surface area contributed by atoms with Crippen molar-refractivity contribution in [1.29, 1.82) is 0 Å². The molecule has 0 aliphatic rings. The van der Waals surface area contributed by atoms with Crippen molar-refractivity contribution in [2.45, 2.75) is 20.1 Å². The van der Waals surface area contributed by atoms with Gasteiger partial charge in [0.1, 0.15) is 12.4 Å². The summed E-state index contributed by atoms with van der Waals surface area (Å²) < 4.78 is 17.6. The average Bonchev–Trinajstić information content (AvgIpc) is 2.46. The zero-order valence-electron chi connectivity index (χ0n) is 12.1. The van der Waals surface area contributed by atoms with Gasteiger partial charge >= 0.3 is 0 Å². The van der Waals surface area contributed by atoms with Crippen molar-refractivity contribution >= 4 is 38.3 Å². The molecule has 0 aliphatic heterocycles. The normalized spacial score (nSPS) is 11.3. The number of benzene rings is 2. The van der Waals surface area contributed by atoms with E-state index < -0.39 is 0 Å². The van der Waals surface area contributed by atoms with E-state index in [0.717, 1.165) is 15.2 Å². The molecule has 3 nitrogen and oxygen atoms in total. The molecule has 21 heavy (non-hydrogen) atoms. The Bertz CT molecular complexity index is 597. The molecule has 0 fully saturated rings. The van der Waals surface area contributed by atoms with Crippen LogP contribution in [0, 0.1) is 0 Å². The summed E-state index contributed by atoms with van der Waals surface area (Å²) >= 11 is 9.75. The fourth-order valence-electron chi connectivity index (χ4n) is 2.02. The summed E-state index contributed by atoms with van der Waals surface area (Å²) in [6.07, 6.45) is -0.362. The Morgan fingerprint density at radius 3 is 2.48 bits per heavy atom. The lowest BCUT2D eigenvalue weighted by atomic mass is 10.1. The number of fused-ring (bicyclic) bond motifs is 1. The molecule has 0 spiro atoms. The van der Waals surface area contributed by atoms with Crippen LogP contribution in [-0.4, -0.2) is 26.1 Å². The maximum Gasteiger partial charge on any atom is 0.191 e. The lowest BCUT2D eigenvalue weighted by Gasteiger charge is -2.18. The first-order chi connectivity index (χ1) is 10.1. The van der Waals surface area contributed by atoms with E-state index in [1.807, 2.05) is 44.2 Å². The van der Waals surface area contributed by atoms with Crippen LogP contribution >= 0.6 is 27.5 Å². The standard InChI is InChI=1S/C16H18BrClO3/c1-3-19-16(20-4-2)10-21-13-7-11-5-6-12(17)8-14(11)15(18)9-13/h5-9,16H,3-4,10H2,1-2H3. The van der Waals surface area contributed by atoms with Crippen molar-refractivity contribution in [3.05, 3.63) is 39.8 Å². The Balaban J connectivity index is 2.13. The molecule has 0 bridgehead atoms. The van der Waals surface area contributed by atoms with E-state index in [9.17, 15) is 0 Å². The van der Waals surface area contributed by atoms with Crippen LogP contribution in [0.5, 0.6) is 5.75 Å². The first-order valence-corrected chi connectivity index (χ1v) is 8.06. The number of rotatable bonds is 7. The molecule has 2 aromatic rings. The SMILES string of the molecule is CCOC(COc1cc(Cl)c2cc(Br)ccc2c1)OCC. The summed E-state index contributed by atoms with van der Waals surface area (Å²) in [6, 6.07) is 9.74. The molecule has 114 valence electrons. The molecule has 0 N–H and O–H groups in total. The predicted octanol–water partition coefficient (Wildman–Crippen LogP) is 5.03. The molecule has 0 aromatic heterocycles. The molecule has 0 saturated heterocycles. The molecule has 0 atom stereocenters. The monoisotopic (exact) mass is 372 g/mol. The van der Waals surface area contributed by atoms with Crippen LogP contribution in [0.4, 0.5) is 0 Å². The lowest BCUT2D eigenvalue weighted by Crippen LogP contribution is -2.25. The Hall–Kier alpha value is -0.810. The summed E-state index contributed by atoms with van der Waals surface area (Å²) in [6.45, 7) is 5.36. The minimum Gasteiger partial charge on any atom is -0.488 e. The van der Waals surface area contributed by atoms with Gasteiger partial charge in [-0.3, -0.25) is 0 Å². The van der Waals surface area contributed by atoms with Gasteiger partial charge in [0.15, 0.2) is 6.29 Å². The van der Waals surface area contributed by atoms with E-state index in [0.29, 0.717) is 30.6 Å². The largest absolute Gasteiger partial charge is 0.488 e. The van der Waals surface area contributed by atoms with Gasteiger partial charge in [-0.1, -0.05) is 33.6 Å². The predicted molar refractivity (Wildman–Crippen MR) is 89.2 cm³/mol.